The predicted molar refractivity (Wildman–Crippen MR) is 325 cm³/mol. The molecule has 4 fully saturated rings. The van der Waals surface area contributed by atoms with Crippen LogP contribution in [0.2, 0.25) is 0 Å². The molecule has 0 spiro atoms. The molecular weight excluding hydrogens is 1090 g/mol. The average molecular weight is 1160 g/mol. The lowest BCUT2D eigenvalue weighted by atomic mass is 9.90. The first kappa shape index (κ1) is 58.7. The van der Waals surface area contributed by atoms with Gasteiger partial charge >= 0.3 is 12.2 Å². The van der Waals surface area contributed by atoms with Crippen molar-refractivity contribution in [3.8, 4) is 17.0 Å². The lowest BCUT2D eigenvalue weighted by molar-refractivity contribution is -0.136. The zero-order valence-corrected chi connectivity index (χ0v) is 48.6. The third kappa shape index (κ3) is 11.3. The van der Waals surface area contributed by atoms with Crippen molar-refractivity contribution in [2.45, 2.75) is 94.6 Å². The first-order valence-corrected chi connectivity index (χ1v) is 27.0. The molecule has 5 aromatic rings. The molecule has 416 valence electrons. The molecule has 21 heteroatoms. The van der Waals surface area contributed by atoms with E-state index in [0.29, 0.717) is 78.0 Å². The number of carbonyl (C=O) groups excluding carboxylic acids is 4. The monoisotopic (exact) mass is 1160 g/mol. The van der Waals surface area contributed by atoms with E-state index in [0.717, 1.165) is 92.2 Å². The van der Waals surface area contributed by atoms with E-state index in [1.165, 1.54) is 24.3 Å². The van der Waals surface area contributed by atoms with Crippen LogP contribution >= 0.6 is 65.3 Å². The summed E-state index contributed by atoms with van der Waals surface area (Å²) in [6.45, 7) is 3.44. The van der Waals surface area contributed by atoms with Gasteiger partial charge in [0, 0.05) is 91.8 Å². The first-order valence-electron chi connectivity index (χ1n) is 26.1. The van der Waals surface area contributed by atoms with E-state index in [9.17, 15) is 19.2 Å². The Morgan fingerprint density at radius 3 is 1.73 bits per heavy atom. The van der Waals surface area contributed by atoms with Gasteiger partial charge in [-0.25, -0.2) is 9.59 Å². The van der Waals surface area contributed by atoms with Gasteiger partial charge in [0.25, 0.3) is 0 Å². The highest BCUT2D eigenvalue weighted by Crippen LogP contribution is 2.48. The summed E-state index contributed by atoms with van der Waals surface area (Å²) in [5.41, 5.74) is 9.25. The first-order chi connectivity index (χ1) is 36.2. The van der Waals surface area contributed by atoms with Crippen LogP contribution in [0.3, 0.4) is 0 Å². The number of aliphatic imine (C=N–C) groups is 2. The maximum absolute atomic E-state index is 14.3. The van der Waals surface area contributed by atoms with Gasteiger partial charge in [0.15, 0.2) is 0 Å². The number of hydrogen-bond donors (Lipinski definition) is 2. The fourth-order valence-corrected chi connectivity index (χ4v) is 13.5. The van der Waals surface area contributed by atoms with E-state index >= 15 is 0 Å². The summed E-state index contributed by atoms with van der Waals surface area (Å²) in [6.07, 6.45) is 9.59. The molecule has 16 nitrogen and oxygen atoms in total. The molecule has 3 aromatic carbocycles. The van der Waals surface area contributed by atoms with Gasteiger partial charge in [-0.2, -0.15) is 54.0 Å². The molecule has 7 aliphatic heterocycles. The number of carbonyl (C=O) groups is 4. The highest BCUT2D eigenvalue weighted by atomic mass is 32.1. The maximum Gasteiger partial charge on any atom is 0.407 e. The molecule has 9 heterocycles. The second-order valence-electron chi connectivity index (χ2n) is 20.5. The van der Waals surface area contributed by atoms with Gasteiger partial charge < -0.3 is 44.1 Å². The number of rotatable bonds is 11. The van der Waals surface area contributed by atoms with Crippen molar-refractivity contribution < 1.29 is 42.9 Å². The molecule has 0 radical (unpaired) electrons. The van der Waals surface area contributed by atoms with Crippen LogP contribution in [0.25, 0.3) is 43.4 Å². The third-order valence-electron chi connectivity index (χ3n) is 16.3. The number of hydrogen-bond acceptors (Lipinski definition) is 12. The smallest absolute Gasteiger partial charge is 0.407 e. The number of methoxy groups -OCH3 is 2. The molecule has 0 saturated carbocycles. The molecule has 1 unspecified atom stereocenters. The normalized spacial score (nSPS) is 21.6. The Kier molecular flexibility index (Phi) is 19.1. The van der Waals surface area contributed by atoms with Crippen LogP contribution < -0.4 is 15.4 Å². The van der Waals surface area contributed by atoms with Gasteiger partial charge in [0.1, 0.15) is 17.8 Å². The molecule has 12 rings (SSSR count). The number of fused-ring (bicyclic) bond motifs is 6. The Bertz CT molecular complexity index is 3150. The Morgan fingerprint density at radius 2 is 1.18 bits per heavy atom. The Labute approximate surface area is 486 Å². The summed E-state index contributed by atoms with van der Waals surface area (Å²) >= 11 is 1.74. The number of likely N-dealkylation sites (tertiary alicyclic amines) is 2. The highest BCUT2D eigenvalue weighted by molar-refractivity contribution is 7.59. The Hall–Kier alpha value is -5.42. The van der Waals surface area contributed by atoms with Crippen molar-refractivity contribution in [1.29, 1.82) is 0 Å². The quantitative estimate of drug-likeness (QED) is 0.131. The van der Waals surface area contributed by atoms with Crippen LogP contribution in [0.1, 0.15) is 86.4 Å². The van der Waals surface area contributed by atoms with Crippen molar-refractivity contribution in [1.82, 2.24) is 25.0 Å². The van der Waals surface area contributed by atoms with Crippen LogP contribution in [0.4, 0.5) is 9.59 Å². The van der Waals surface area contributed by atoms with Crippen molar-refractivity contribution in [2.75, 3.05) is 53.7 Å². The summed E-state index contributed by atoms with van der Waals surface area (Å²) in [6, 6.07) is 24.3. The lowest BCUT2D eigenvalue weighted by Crippen LogP contribution is -2.55. The molecule has 0 aliphatic carbocycles. The minimum absolute atomic E-state index is 0. The van der Waals surface area contributed by atoms with E-state index in [1.807, 2.05) is 22.2 Å². The second kappa shape index (κ2) is 25.4. The van der Waals surface area contributed by atoms with Crippen LogP contribution in [0.5, 0.6) is 5.75 Å². The van der Waals surface area contributed by atoms with Crippen LogP contribution in [0, 0.1) is 11.8 Å². The van der Waals surface area contributed by atoms with Gasteiger partial charge in [-0.3, -0.25) is 24.1 Å². The minimum Gasteiger partial charge on any atom is -0.464 e. The number of allylic oxidation sites excluding steroid dienone is 2. The molecule has 7 aliphatic rings. The van der Waals surface area contributed by atoms with Crippen molar-refractivity contribution in [3.63, 3.8) is 0 Å². The third-order valence-corrected chi connectivity index (χ3v) is 17.4. The van der Waals surface area contributed by atoms with E-state index < -0.39 is 30.5 Å². The second-order valence-corrected chi connectivity index (χ2v) is 21.6. The summed E-state index contributed by atoms with van der Waals surface area (Å²) in [5, 5.41) is 7.98. The molecule has 4 amide bonds. The average Bonchev–Trinajstić information content (AvgIpc) is 4.41. The summed E-state index contributed by atoms with van der Waals surface area (Å²) in [7, 11) is 2.65. The van der Waals surface area contributed by atoms with E-state index in [-0.39, 0.29) is 89.7 Å². The Balaban J connectivity index is 0.00000201. The number of alkyl carbamates (subject to hydrolysis) is 2. The van der Waals surface area contributed by atoms with Gasteiger partial charge in [0.05, 0.1) is 42.4 Å². The van der Waals surface area contributed by atoms with Crippen molar-refractivity contribution in [3.05, 3.63) is 101 Å². The molecule has 2 aromatic heterocycles. The minimum atomic E-state index is -0.690. The zero-order chi connectivity index (χ0) is 50.5. The number of amides is 4. The zero-order valence-electron chi connectivity index (χ0n) is 43.8. The molecular formula is C57H69N7O9S5. The number of benzene rings is 3. The molecule has 5 atom stereocenters. The molecule has 2 N–H and O–H groups in total. The summed E-state index contributed by atoms with van der Waals surface area (Å²) < 4.78 is 31.7. The van der Waals surface area contributed by atoms with Crippen molar-refractivity contribution in [2.24, 2.45) is 21.8 Å². The van der Waals surface area contributed by atoms with Gasteiger partial charge in [0.2, 0.25) is 18.0 Å². The SMILES string of the molecule is COC(=O)N[C@H](C(=O)N1CCC[C@H]1C1=NC=C(c2ccc3c(c2)OC(c2cc4ccccc4s2)n2c-3cc3cc(C4=CN=C([C@@H]5CCCN5C(=O)[C@@H](NC(=O)OC)C5CCOCC5)C4)ccc32)C1)C1CCOCC1.S.S.S.S. The lowest BCUT2D eigenvalue weighted by Gasteiger charge is -2.34. The number of ether oxygens (including phenoxy) is 5. The maximum atomic E-state index is 14.3. The van der Waals surface area contributed by atoms with E-state index in [2.05, 4.69) is 88.0 Å². The number of thiophene rings is 1. The van der Waals surface area contributed by atoms with Crippen LogP contribution in [0.15, 0.2) is 95.2 Å². The summed E-state index contributed by atoms with van der Waals surface area (Å²) in [4.78, 5) is 68.4. The van der Waals surface area contributed by atoms with Crippen molar-refractivity contribution >= 4 is 133 Å². The number of aromatic nitrogens is 1. The summed E-state index contributed by atoms with van der Waals surface area (Å²) in [5.74, 6) is 0.542. The van der Waals surface area contributed by atoms with Gasteiger partial charge in [-0.15, -0.1) is 11.3 Å². The van der Waals surface area contributed by atoms with Crippen LogP contribution in [-0.4, -0.2) is 128 Å². The van der Waals surface area contributed by atoms with E-state index in [4.69, 9.17) is 33.7 Å². The topological polar surface area (TPSA) is 175 Å². The number of nitrogens with zero attached hydrogens (tertiary/aromatic N) is 5. The van der Waals surface area contributed by atoms with Gasteiger partial charge in [-0.1, -0.05) is 30.3 Å². The highest BCUT2D eigenvalue weighted by Gasteiger charge is 2.43. The van der Waals surface area contributed by atoms with E-state index in [1.54, 1.807) is 11.3 Å². The Morgan fingerprint density at radius 1 is 0.641 bits per heavy atom. The fourth-order valence-electron chi connectivity index (χ4n) is 12.4. The molecule has 0 bridgehead atoms. The molecule has 4 saturated heterocycles. The standard InChI is InChI=1S/C57H61N7O9S.4H2S/c1-69-56(67)60-51(33-15-21-71-22-16-33)53(65)62-19-5-8-45(62)42-26-39(31-58-42)35-12-14-44-38(25-35)28-47-41-13-11-36(29-48(41)73-55(64(44)47)50-30-37-7-3-4-10-49(37)74-50)40-27-43(59-32-40)46-9-6-20-63(46)54(66)52(61-57(68)70-2)34-17-23-72-24-18-34;;;;/h3-4,7,10-14,25,28-34,45-46,51-52,55H,5-6,8-9,15-24,26-27H2,1-2H3,(H,60,67)(H,61,68);4*1H2/t45-,46-,51-,52-,55?;;;;/m0..../s1. The fraction of sp³-hybridized carbons (Fsp3) is 0.439. The number of nitrogens with one attached hydrogen (secondary N) is 2. The predicted octanol–water partition coefficient (Wildman–Crippen LogP) is 9.57. The largest absolute Gasteiger partial charge is 0.464 e. The molecule has 78 heavy (non-hydrogen) atoms. The van der Waals surface area contributed by atoms with Crippen LogP contribution in [-0.2, 0) is 28.5 Å². The van der Waals surface area contributed by atoms with Gasteiger partial charge in [-0.05, 0) is 133 Å².